The normalized spacial score (nSPS) is 9.32. The van der Waals surface area contributed by atoms with Crippen LogP contribution in [-0.4, -0.2) is 6.79 Å². The second-order valence-corrected chi connectivity index (χ2v) is 6.56. The number of benzene rings is 3. The summed E-state index contributed by atoms with van der Waals surface area (Å²) in [5.41, 5.74) is 0. The van der Waals surface area contributed by atoms with Crippen LogP contribution >= 0.6 is 7.92 Å². The molecule has 0 spiro atoms. The third kappa shape index (κ3) is 4.63. The van der Waals surface area contributed by atoms with Gasteiger partial charge in [-0.05, 0) is 23.8 Å². The summed E-state index contributed by atoms with van der Waals surface area (Å²) in [7, 11) is -0.446. The van der Waals surface area contributed by atoms with Crippen molar-refractivity contribution in [2.24, 2.45) is 0 Å². The molecule has 0 saturated carbocycles. The van der Waals surface area contributed by atoms with E-state index in [0.717, 1.165) is 0 Å². The van der Waals surface area contributed by atoms with Crippen LogP contribution in [0.25, 0.3) is 0 Å². The van der Waals surface area contributed by atoms with E-state index in [9.17, 15) is 0 Å². The summed E-state index contributed by atoms with van der Waals surface area (Å²) in [5, 5.41) is 4.19. The van der Waals surface area contributed by atoms with Gasteiger partial charge in [0.15, 0.2) is 0 Å². The van der Waals surface area contributed by atoms with Crippen LogP contribution in [0.1, 0.15) is 0 Å². The topological polar surface area (TPSA) is 17.1 Å². The molecule has 0 heterocycles. The molecule has 3 heteroatoms. The molecule has 22 heavy (non-hydrogen) atoms. The second kappa shape index (κ2) is 10.1. The number of rotatable bonds is 3. The van der Waals surface area contributed by atoms with Crippen LogP contribution in [0.4, 0.5) is 0 Å². The summed E-state index contributed by atoms with van der Waals surface area (Å²) >= 11 is 0. The number of carbonyl (C=O) groups is 1. The molecule has 114 valence electrons. The van der Waals surface area contributed by atoms with E-state index in [1.165, 1.54) is 15.9 Å². The molecular formula is C19H17NiOP. The van der Waals surface area contributed by atoms with Crippen LogP contribution in [0, 0.1) is 0 Å². The van der Waals surface area contributed by atoms with Gasteiger partial charge in [0.25, 0.3) is 0 Å². The van der Waals surface area contributed by atoms with E-state index in [1.54, 1.807) is 0 Å². The number of hydrogen-bond acceptors (Lipinski definition) is 1. The molecule has 0 bridgehead atoms. The molecule has 0 amide bonds. The minimum Gasteiger partial charge on any atom is -0.307 e. The Kier molecular flexibility index (Phi) is 8.37. The zero-order valence-corrected chi connectivity index (χ0v) is 13.9. The van der Waals surface area contributed by atoms with Crippen molar-refractivity contribution >= 4 is 30.6 Å². The predicted octanol–water partition coefficient (Wildman–Crippen LogP) is 3.26. The van der Waals surface area contributed by atoms with Gasteiger partial charge in [-0.25, -0.2) is 0 Å². The van der Waals surface area contributed by atoms with Crippen LogP contribution in [-0.2, 0) is 21.3 Å². The zero-order valence-electron chi connectivity index (χ0n) is 12.0. The molecular weight excluding hydrogens is 334 g/mol. The first-order valence-corrected chi connectivity index (χ1v) is 8.03. The third-order valence-corrected chi connectivity index (χ3v) is 5.49. The van der Waals surface area contributed by atoms with Crippen molar-refractivity contribution < 1.29 is 21.3 Å². The van der Waals surface area contributed by atoms with Crippen LogP contribution < -0.4 is 15.9 Å². The maximum absolute atomic E-state index is 8.00. The van der Waals surface area contributed by atoms with Gasteiger partial charge in [0.1, 0.15) is 6.79 Å². The monoisotopic (exact) mass is 350 g/mol. The van der Waals surface area contributed by atoms with Gasteiger partial charge in [-0.15, -0.1) is 0 Å². The molecule has 3 aromatic rings. The molecule has 0 saturated heterocycles. The fourth-order valence-electron chi connectivity index (χ4n) is 2.18. The van der Waals surface area contributed by atoms with Gasteiger partial charge in [0.2, 0.25) is 0 Å². The van der Waals surface area contributed by atoms with E-state index in [-0.39, 0.29) is 16.5 Å². The maximum Gasteiger partial charge on any atom is 0.106 e. The molecule has 0 atom stereocenters. The molecule has 0 aromatic heterocycles. The predicted molar refractivity (Wildman–Crippen MR) is 92.3 cm³/mol. The Morgan fingerprint density at radius 1 is 0.500 bits per heavy atom. The standard InChI is InChI=1S/C18H15P.CH2O.Ni/c1-4-10-16(11-5-1)19(17-12-6-2-7-13-17)18-14-8-3-9-15-18;1-2;/h1-15H;1H2;. The molecule has 0 unspecified atom stereocenters. The van der Waals surface area contributed by atoms with Gasteiger partial charge in [0, 0.05) is 16.5 Å². The zero-order chi connectivity index (χ0) is 14.9. The maximum atomic E-state index is 8.00. The van der Waals surface area contributed by atoms with Gasteiger partial charge in [-0.2, -0.15) is 0 Å². The fraction of sp³-hybridized carbons (Fsp3) is 0. The molecule has 0 aliphatic heterocycles. The Balaban J connectivity index is 0.000000775. The summed E-state index contributed by atoms with van der Waals surface area (Å²) < 4.78 is 0. The van der Waals surface area contributed by atoms with Crippen molar-refractivity contribution in [2.45, 2.75) is 0 Å². The number of hydrogen-bond donors (Lipinski definition) is 0. The summed E-state index contributed by atoms with van der Waals surface area (Å²) in [6.45, 7) is 2.00. The SMILES string of the molecule is C=O.[Ni].c1ccc(P(c2ccccc2)c2ccccc2)cc1. The smallest absolute Gasteiger partial charge is 0.106 e. The molecule has 0 aliphatic carbocycles. The van der Waals surface area contributed by atoms with Crippen LogP contribution in [0.15, 0.2) is 91.0 Å². The first kappa shape index (κ1) is 18.3. The van der Waals surface area contributed by atoms with Crippen LogP contribution in [0.2, 0.25) is 0 Å². The first-order valence-electron chi connectivity index (χ1n) is 6.69. The van der Waals surface area contributed by atoms with E-state index in [2.05, 4.69) is 91.0 Å². The van der Waals surface area contributed by atoms with Crippen molar-refractivity contribution in [3.63, 3.8) is 0 Å². The average molecular weight is 351 g/mol. The van der Waals surface area contributed by atoms with Gasteiger partial charge < -0.3 is 4.79 Å². The quantitative estimate of drug-likeness (QED) is 0.523. The molecule has 1 nitrogen and oxygen atoms in total. The Labute approximate surface area is 143 Å². The number of carbonyl (C=O) groups excluding carboxylic acids is 1. The summed E-state index contributed by atoms with van der Waals surface area (Å²) in [6, 6.07) is 32.3. The van der Waals surface area contributed by atoms with E-state index >= 15 is 0 Å². The third-order valence-electron chi connectivity index (χ3n) is 3.04. The largest absolute Gasteiger partial charge is 0.307 e. The Morgan fingerprint density at radius 3 is 0.955 bits per heavy atom. The Bertz CT molecular complexity index is 550. The average Bonchev–Trinajstić information content (AvgIpc) is 2.60. The van der Waals surface area contributed by atoms with Gasteiger partial charge in [-0.3, -0.25) is 0 Å². The van der Waals surface area contributed by atoms with Crippen molar-refractivity contribution in [3.05, 3.63) is 91.0 Å². The van der Waals surface area contributed by atoms with E-state index < -0.39 is 7.92 Å². The van der Waals surface area contributed by atoms with Crippen molar-refractivity contribution in [1.29, 1.82) is 0 Å². The minimum atomic E-state index is -0.446. The van der Waals surface area contributed by atoms with E-state index in [1.807, 2.05) is 6.79 Å². The van der Waals surface area contributed by atoms with Gasteiger partial charge in [-0.1, -0.05) is 91.0 Å². The fourth-order valence-corrected chi connectivity index (χ4v) is 4.48. The summed E-state index contributed by atoms with van der Waals surface area (Å²) in [4.78, 5) is 8.00. The van der Waals surface area contributed by atoms with Crippen LogP contribution in [0.3, 0.4) is 0 Å². The minimum absolute atomic E-state index is 0. The molecule has 0 fully saturated rings. The molecule has 3 aromatic carbocycles. The van der Waals surface area contributed by atoms with Crippen molar-refractivity contribution in [2.75, 3.05) is 0 Å². The van der Waals surface area contributed by atoms with E-state index in [0.29, 0.717) is 0 Å². The van der Waals surface area contributed by atoms with Crippen molar-refractivity contribution in [1.82, 2.24) is 0 Å². The Hall–Kier alpha value is -1.75. The molecule has 0 radical (unpaired) electrons. The van der Waals surface area contributed by atoms with Crippen molar-refractivity contribution in [3.8, 4) is 0 Å². The summed E-state index contributed by atoms with van der Waals surface area (Å²) in [6.07, 6.45) is 0. The van der Waals surface area contributed by atoms with Gasteiger partial charge in [0.05, 0.1) is 0 Å². The first-order chi connectivity index (χ1) is 10.4. The summed E-state index contributed by atoms with van der Waals surface area (Å²) in [5.74, 6) is 0. The molecule has 0 N–H and O–H groups in total. The second-order valence-electron chi connectivity index (χ2n) is 4.34. The van der Waals surface area contributed by atoms with Crippen LogP contribution in [0.5, 0.6) is 0 Å². The van der Waals surface area contributed by atoms with Gasteiger partial charge >= 0.3 is 0 Å². The molecule has 3 rings (SSSR count). The molecule has 0 aliphatic rings. The Morgan fingerprint density at radius 2 is 0.727 bits per heavy atom. The van der Waals surface area contributed by atoms with E-state index in [4.69, 9.17) is 4.79 Å².